The molecule has 1 aliphatic heterocycles. The van der Waals surface area contributed by atoms with Crippen molar-refractivity contribution in [3.8, 4) is 0 Å². The van der Waals surface area contributed by atoms with Crippen molar-refractivity contribution in [3.63, 3.8) is 0 Å². The molecular weight excluding hydrogens is 312 g/mol. The molecule has 0 spiro atoms. The largest absolute Gasteiger partial charge is 0.373 e. The molecular formula is C20H20N4O. The van der Waals surface area contributed by atoms with E-state index >= 15 is 0 Å². The van der Waals surface area contributed by atoms with Crippen molar-refractivity contribution in [3.05, 3.63) is 66.0 Å². The van der Waals surface area contributed by atoms with Crippen LogP contribution in [0.5, 0.6) is 0 Å². The number of pyridine rings is 2. The monoisotopic (exact) mass is 332 g/mol. The van der Waals surface area contributed by atoms with Gasteiger partial charge in [-0.25, -0.2) is 9.97 Å². The van der Waals surface area contributed by atoms with Crippen LogP contribution >= 0.6 is 0 Å². The SMILES string of the molecule is CNc1cc(C2CCCN2C(=O)c2ccc3ccccc3n2)ccn1. The number of rotatable bonds is 3. The molecule has 1 fully saturated rings. The minimum Gasteiger partial charge on any atom is -0.373 e. The summed E-state index contributed by atoms with van der Waals surface area (Å²) in [5, 5.41) is 4.11. The molecule has 1 N–H and O–H groups in total. The molecule has 0 saturated carbocycles. The first-order valence-corrected chi connectivity index (χ1v) is 8.57. The molecule has 0 bridgehead atoms. The molecule has 4 rings (SSSR count). The molecule has 126 valence electrons. The van der Waals surface area contributed by atoms with Gasteiger partial charge < -0.3 is 10.2 Å². The van der Waals surface area contributed by atoms with E-state index < -0.39 is 0 Å². The van der Waals surface area contributed by atoms with Crippen LogP contribution in [-0.2, 0) is 0 Å². The number of hydrogen-bond acceptors (Lipinski definition) is 4. The van der Waals surface area contributed by atoms with Gasteiger partial charge in [0.05, 0.1) is 11.6 Å². The fourth-order valence-corrected chi connectivity index (χ4v) is 3.48. The topological polar surface area (TPSA) is 58.1 Å². The van der Waals surface area contributed by atoms with Crippen LogP contribution in [0.4, 0.5) is 5.82 Å². The fraction of sp³-hybridized carbons (Fsp3) is 0.250. The zero-order chi connectivity index (χ0) is 17.2. The molecule has 5 heteroatoms. The highest BCUT2D eigenvalue weighted by molar-refractivity contribution is 5.95. The molecule has 1 unspecified atom stereocenters. The van der Waals surface area contributed by atoms with E-state index in [1.165, 1.54) is 0 Å². The minimum atomic E-state index is -0.00364. The quantitative estimate of drug-likeness (QED) is 0.795. The van der Waals surface area contributed by atoms with Gasteiger partial charge in [-0.2, -0.15) is 0 Å². The number of carbonyl (C=O) groups is 1. The van der Waals surface area contributed by atoms with Crippen molar-refractivity contribution in [2.45, 2.75) is 18.9 Å². The Morgan fingerprint density at radius 3 is 2.96 bits per heavy atom. The van der Waals surface area contributed by atoms with Crippen LogP contribution in [0.15, 0.2) is 54.7 Å². The minimum absolute atomic E-state index is 0.00364. The van der Waals surface area contributed by atoms with Crippen LogP contribution in [0.2, 0.25) is 0 Å². The third-order valence-electron chi connectivity index (χ3n) is 4.76. The Bertz CT molecular complexity index is 924. The predicted molar refractivity (Wildman–Crippen MR) is 98.5 cm³/mol. The molecule has 25 heavy (non-hydrogen) atoms. The zero-order valence-electron chi connectivity index (χ0n) is 14.1. The van der Waals surface area contributed by atoms with Gasteiger partial charge in [-0.15, -0.1) is 0 Å². The number of nitrogens with zero attached hydrogens (tertiary/aromatic N) is 3. The summed E-state index contributed by atoms with van der Waals surface area (Å²) in [6, 6.07) is 15.7. The first-order valence-electron chi connectivity index (χ1n) is 8.57. The standard InChI is InChI=1S/C20H20N4O/c1-21-19-13-15(10-11-22-19)18-7-4-12-24(18)20(25)17-9-8-14-5-2-3-6-16(14)23-17/h2-3,5-6,8-11,13,18H,4,7,12H2,1H3,(H,21,22). The van der Waals surface area contributed by atoms with Crippen molar-refractivity contribution < 1.29 is 4.79 Å². The van der Waals surface area contributed by atoms with Crippen LogP contribution < -0.4 is 5.32 Å². The lowest BCUT2D eigenvalue weighted by atomic mass is 10.1. The highest BCUT2D eigenvalue weighted by Gasteiger charge is 2.31. The Balaban J connectivity index is 1.65. The maximum atomic E-state index is 13.1. The van der Waals surface area contributed by atoms with Crippen molar-refractivity contribution in [1.82, 2.24) is 14.9 Å². The molecule has 0 radical (unpaired) electrons. The molecule has 1 saturated heterocycles. The first-order chi connectivity index (χ1) is 12.3. The van der Waals surface area contributed by atoms with E-state index in [2.05, 4.69) is 15.3 Å². The average Bonchev–Trinajstić information content (AvgIpc) is 3.17. The number of nitrogens with one attached hydrogen (secondary N) is 1. The maximum absolute atomic E-state index is 13.1. The number of para-hydroxylation sites is 1. The molecule has 3 heterocycles. The molecule has 1 aliphatic rings. The number of likely N-dealkylation sites (tertiary alicyclic amines) is 1. The van der Waals surface area contributed by atoms with Crippen molar-refractivity contribution in [2.24, 2.45) is 0 Å². The van der Waals surface area contributed by atoms with E-state index in [1.54, 1.807) is 6.20 Å². The fourth-order valence-electron chi connectivity index (χ4n) is 3.48. The van der Waals surface area contributed by atoms with Gasteiger partial charge in [0, 0.05) is 25.2 Å². The second-order valence-corrected chi connectivity index (χ2v) is 6.27. The molecule has 1 amide bonds. The van der Waals surface area contributed by atoms with Gasteiger partial charge in [-0.3, -0.25) is 4.79 Å². The highest BCUT2D eigenvalue weighted by atomic mass is 16.2. The van der Waals surface area contributed by atoms with Gasteiger partial charge in [0.2, 0.25) is 0 Å². The average molecular weight is 332 g/mol. The number of benzene rings is 1. The van der Waals surface area contributed by atoms with E-state index in [-0.39, 0.29) is 11.9 Å². The normalized spacial score (nSPS) is 17.0. The molecule has 1 atom stereocenters. The number of hydrogen-bond donors (Lipinski definition) is 1. The first kappa shape index (κ1) is 15.6. The van der Waals surface area contributed by atoms with Crippen molar-refractivity contribution in [2.75, 3.05) is 18.9 Å². The Morgan fingerprint density at radius 2 is 2.08 bits per heavy atom. The Labute approximate surface area is 146 Å². The van der Waals surface area contributed by atoms with Crippen LogP contribution in [0.25, 0.3) is 10.9 Å². The Kier molecular flexibility index (Phi) is 4.06. The smallest absolute Gasteiger partial charge is 0.272 e. The molecule has 0 aliphatic carbocycles. The summed E-state index contributed by atoms with van der Waals surface area (Å²) in [6.45, 7) is 0.759. The van der Waals surface area contributed by atoms with E-state index in [0.717, 1.165) is 41.7 Å². The van der Waals surface area contributed by atoms with Crippen LogP contribution in [-0.4, -0.2) is 34.4 Å². The zero-order valence-corrected chi connectivity index (χ0v) is 14.1. The maximum Gasteiger partial charge on any atom is 0.272 e. The van der Waals surface area contributed by atoms with Crippen LogP contribution in [0, 0.1) is 0 Å². The lowest BCUT2D eigenvalue weighted by Gasteiger charge is -2.25. The molecule has 1 aromatic carbocycles. The van der Waals surface area contributed by atoms with Crippen molar-refractivity contribution >= 4 is 22.6 Å². The molecule has 5 nitrogen and oxygen atoms in total. The molecule has 3 aromatic rings. The van der Waals surface area contributed by atoms with E-state index in [9.17, 15) is 4.79 Å². The lowest BCUT2D eigenvalue weighted by Crippen LogP contribution is -2.31. The summed E-state index contributed by atoms with van der Waals surface area (Å²) in [5.41, 5.74) is 2.48. The van der Waals surface area contributed by atoms with Gasteiger partial charge >= 0.3 is 0 Å². The second-order valence-electron chi connectivity index (χ2n) is 6.27. The number of carbonyl (C=O) groups excluding carboxylic acids is 1. The predicted octanol–water partition coefficient (Wildman–Crippen LogP) is 3.65. The number of anilines is 1. The summed E-state index contributed by atoms with van der Waals surface area (Å²) >= 11 is 0. The van der Waals surface area contributed by atoms with E-state index in [0.29, 0.717) is 5.69 Å². The Hall–Kier alpha value is -2.95. The van der Waals surface area contributed by atoms with Crippen LogP contribution in [0.3, 0.4) is 0 Å². The number of fused-ring (bicyclic) bond motifs is 1. The second kappa shape index (κ2) is 6.51. The number of aromatic nitrogens is 2. The third kappa shape index (κ3) is 2.93. The summed E-state index contributed by atoms with van der Waals surface area (Å²) in [5.74, 6) is 0.816. The summed E-state index contributed by atoms with van der Waals surface area (Å²) < 4.78 is 0. The van der Waals surface area contributed by atoms with Crippen molar-refractivity contribution in [1.29, 1.82) is 0 Å². The van der Waals surface area contributed by atoms with E-state index in [4.69, 9.17) is 0 Å². The van der Waals surface area contributed by atoms with Gasteiger partial charge in [0.1, 0.15) is 11.5 Å². The van der Waals surface area contributed by atoms with E-state index in [1.807, 2.05) is 60.5 Å². The van der Waals surface area contributed by atoms with Gasteiger partial charge in [-0.05, 0) is 42.7 Å². The Morgan fingerprint density at radius 1 is 1.20 bits per heavy atom. The summed E-state index contributed by atoms with van der Waals surface area (Å²) in [6.07, 6.45) is 3.75. The summed E-state index contributed by atoms with van der Waals surface area (Å²) in [7, 11) is 1.85. The number of amides is 1. The highest BCUT2D eigenvalue weighted by Crippen LogP contribution is 2.33. The third-order valence-corrected chi connectivity index (χ3v) is 4.76. The van der Waals surface area contributed by atoms with Gasteiger partial charge in [-0.1, -0.05) is 24.3 Å². The van der Waals surface area contributed by atoms with Crippen LogP contribution in [0.1, 0.15) is 34.9 Å². The lowest BCUT2D eigenvalue weighted by molar-refractivity contribution is 0.0730. The molecule has 2 aromatic heterocycles. The summed E-state index contributed by atoms with van der Waals surface area (Å²) in [4.78, 5) is 23.8. The van der Waals surface area contributed by atoms with Gasteiger partial charge in [0.25, 0.3) is 5.91 Å². The van der Waals surface area contributed by atoms with Gasteiger partial charge in [0.15, 0.2) is 0 Å².